The van der Waals surface area contributed by atoms with Gasteiger partial charge < -0.3 is 20.9 Å². The lowest BCUT2D eigenvalue weighted by Gasteiger charge is -2.34. The highest BCUT2D eigenvalue weighted by atomic mass is 16.5. The quantitative estimate of drug-likeness (QED) is 0.719. The van der Waals surface area contributed by atoms with E-state index in [1.165, 1.54) is 18.4 Å². The van der Waals surface area contributed by atoms with Crippen molar-refractivity contribution in [3.8, 4) is 0 Å². The Hall–Kier alpha value is -0.940. The zero-order valence-corrected chi connectivity index (χ0v) is 12.9. The van der Waals surface area contributed by atoms with E-state index in [-0.39, 0.29) is 12.6 Å². The smallest absolute Gasteiger partial charge is 0.0713 e. The van der Waals surface area contributed by atoms with Gasteiger partial charge in [0.15, 0.2) is 0 Å². The zero-order valence-electron chi connectivity index (χ0n) is 12.9. The molecule has 1 aliphatic rings. The average molecular weight is 292 g/mol. The topological polar surface area (TPSA) is 67.5 Å². The summed E-state index contributed by atoms with van der Waals surface area (Å²) in [4.78, 5) is 0. The van der Waals surface area contributed by atoms with Crippen LogP contribution in [0.25, 0.3) is 0 Å². The normalized spacial score (nSPS) is 24.0. The molecule has 0 saturated heterocycles. The number of ether oxygens (including phenoxy) is 1. The van der Waals surface area contributed by atoms with Crippen molar-refractivity contribution in [2.75, 3.05) is 20.3 Å². The summed E-state index contributed by atoms with van der Waals surface area (Å²) in [5, 5.41) is 13.2. The summed E-state index contributed by atoms with van der Waals surface area (Å²) in [5.41, 5.74) is 8.34. The molecule has 0 aromatic heterocycles. The molecule has 1 aliphatic carbocycles. The minimum atomic E-state index is 0.138. The molecular weight excluding hydrogens is 264 g/mol. The van der Waals surface area contributed by atoms with Crippen LogP contribution in [0.5, 0.6) is 0 Å². The first-order valence-electron chi connectivity index (χ1n) is 7.93. The molecule has 1 aromatic rings. The van der Waals surface area contributed by atoms with Crippen LogP contribution in [0.1, 0.15) is 42.9 Å². The first kappa shape index (κ1) is 16.4. The highest BCUT2D eigenvalue weighted by molar-refractivity contribution is 5.26. The molecule has 0 radical (unpaired) electrons. The highest BCUT2D eigenvalue weighted by Crippen LogP contribution is 2.26. The molecule has 3 atom stereocenters. The van der Waals surface area contributed by atoms with Crippen LogP contribution in [0.3, 0.4) is 0 Å². The van der Waals surface area contributed by atoms with Crippen molar-refractivity contribution in [2.45, 2.75) is 44.4 Å². The number of methoxy groups -OCH3 is 1. The number of aliphatic hydroxyl groups is 1. The van der Waals surface area contributed by atoms with E-state index < -0.39 is 0 Å². The number of hydrogen-bond acceptors (Lipinski definition) is 4. The number of nitrogens with two attached hydrogens (primary N) is 1. The van der Waals surface area contributed by atoms with Crippen LogP contribution in [-0.2, 0) is 11.3 Å². The molecule has 4 N–H and O–H groups in total. The van der Waals surface area contributed by atoms with Gasteiger partial charge >= 0.3 is 0 Å². The van der Waals surface area contributed by atoms with Crippen molar-refractivity contribution in [1.29, 1.82) is 0 Å². The molecule has 21 heavy (non-hydrogen) atoms. The first-order chi connectivity index (χ1) is 10.3. The largest absolute Gasteiger partial charge is 0.396 e. The van der Waals surface area contributed by atoms with Crippen molar-refractivity contribution in [1.82, 2.24) is 5.32 Å². The molecule has 1 fully saturated rings. The molecule has 0 amide bonds. The van der Waals surface area contributed by atoms with Gasteiger partial charge in [0.05, 0.1) is 6.61 Å². The van der Waals surface area contributed by atoms with Gasteiger partial charge in [0, 0.05) is 32.3 Å². The summed E-state index contributed by atoms with van der Waals surface area (Å²) < 4.78 is 5.20. The predicted molar refractivity (Wildman–Crippen MR) is 84.9 cm³/mol. The van der Waals surface area contributed by atoms with Crippen LogP contribution in [0, 0.1) is 5.92 Å². The second kappa shape index (κ2) is 8.49. The maximum absolute atomic E-state index is 9.54. The van der Waals surface area contributed by atoms with Crippen molar-refractivity contribution in [3.05, 3.63) is 35.4 Å². The van der Waals surface area contributed by atoms with Gasteiger partial charge in [-0.15, -0.1) is 0 Å². The van der Waals surface area contributed by atoms with E-state index in [1.54, 1.807) is 7.11 Å². The van der Waals surface area contributed by atoms with E-state index in [9.17, 15) is 5.11 Å². The molecule has 0 heterocycles. The molecule has 0 aliphatic heterocycles. The number of nitrogens with one attached hydrogen (secondary N) is 1. The van der Waals surface area contributed by atoms with Gasteiger partial charge in [0.1, 0.15) is 0 Å². The van der Waals surface area contributed by atoms with Gasteiger partial charge in [0.2, 0.25) is 0 Å². The third-order valence-corrected chi connectivity index (χ3v) is 4.46. The molecule has 1 aromatic carbocycles. The Bertz CT molecular complexity index is 425. The summed E-state index contributed by atoms with van der Waals surface area (Å²) in [7, 11) is 1.71. The van der Waals surface area contributed by atoms with Crippen LogP contribution >= 0.6 is 0 Å². The van der Waals surface area contributed by atoms with Gasteiger partial charge in [-0.1, -0.05) is 37.1 Å². The molecule has 1 saturated carbocycles. The fourth-order valence-electron chi connectivity index (χ4n) is 3.27. The van der Waals surface area contributed by atoms with E-state index >= 15 is 0 Å². The Morgan fingerprint density at radius 2 is 2.19 bits per heavy atom. The van der Waals surface area contributed by atoms with E-state index in [0.717, 1.165) is 18.4 Å². The molecule has 3 unspecified atom stereocenters. The SMILES string of the molecule is COCc1cccc(C(CN)NC2CCCCC2CO)c1. The Kier molecular flexibility index (Phi) is 6.64. The van der Waals surface area contributed by atoms with Crippen LogP contribution in [0.15, 0.2) is 24.3 Å². The van der Waals surface area contributed by atoms with Crippen LogP contribution in [0.2, 0.25) is 0 Å². The average Bonchev–Trinajstić information content (AvgIpc) is 2.53. The highest BCUT2D eigenvalue weighted by Gasteiger charge is 2.26. The molecule has 4 nitrogen and oxygen atoms in total. The summed E-state index contributed by atoms with van der Waals surface area (Å²) in [6.07, 6.45) is 4.68. The fraction of sp³-hybridized carbons (Fsp3) is 0.647. The van der Waals surface area contributed by atoms with Gasteiger partial charge in [0.25, 0.3) is 0 Å². The summed E-state index contributed by atoms with van der Waals surface area (Å²) in [6, 6.07) is 8.89. The van der Waals surface area contributed by atoms with Gasteiger partial charge in [-0.3, -0.25) is 0 Å². The van der Waals surface area contributed by atoms with Crippen molar-refractivity contribution < 1.29 is 9.84 Å². The monoisotopic (exact) mass is 292 g/mol. The molecule has 0 bridgehead atoms. The van der Waals surface area contributed by atoms with Crippen molar-refractivity contribution in [2.24, 2.45) is 11.7 Å². The second-order valence-electron chi connectivity index (χ2n) is 5.97. The standard InChI is InChI=1S/C17H28N2O2/c1-21-12-13-5-4-7-14(9-13)17(10-18)19-16-8-3-2-6-15(16)11-20/h4-5,7,9,15-17,19-20H,2-3,6,8,10-12,18H2,1H3. The molecule has 4 heteroatoms. The van der Waals surface area contributed by atoms with E-state index in [1.807, 2.05) is 0 Å². The van der Waals surface area contributed by atoms with Gasteiger partial charge in [-0.05, 0) is 29.9 Å². The third kappa shape index (κ3) is 4.51. The van der Waals surface area contributed by atoms with E-state index in [4.69, 9.17) is 10.5 Å². The van der Waals surface area contributed by atoms with Crippen LogP contribution < -0.4 is 11.1 Å². The summed E-state index contributed by atoms with van der Waals surface area (Å²) in [5.74, 6) is 0.356. The van der Waals surface area contributed by atoms with E-state index in [0.29, 0.717) is 25.1 Å². The molecule has 118 valence electrons. The van der Waals surface area contributed by atoms with Gasteiger partial charge in [-0.2, -0.15) is 0 Å². The number of rotatable bonds is 7. The Balaban J connectivity index is 2.06. The maximum Gasteiger partial charge on any atom is 0.0713 e. The number of benzene rings is 1. The zero-order chi connectivity index (χ0) is 15.1. The molecule has 0 spiro atoms. The Morgan fingerprint density at radius 3 is 2.90 bits per heavy atom. The molecule has 2 rings (SSSR count). The van der Waals surface area contributed by atoms with Gasteiger partial charge in [-0.25, -0.2) is 0 Å². The maximum atomic E-state index is 9.54. The van der Waals surface area contributed by atoms with E-state index in [2.05, 4.69) is 29.6 Å². The predicted octanol–water partition coefficient (Wildman–Crippen LogP) is 1.97. The lowest BCUT2D eigenvalue weighted by Crippen LogP contribution is -2.44. The number of aliphatic hydroxyl groups excluding tert-OH is 1. The number of hydrogen-bond donors (Lipinski definition) is 3. The Morgan fingerprint density at radius 1 is 1.38 bits per heavy atom. The third-order valence-electron chi connectivity index (χ3n) is 4.46. The van der Waals surface area contributed by atoms with Crippen LogP contribution in [0.4, 0.5) is 0 Å². The summed E-state index contributed by atoms with van der Waals surface area (Å²) >= 11 is 0. The minimum absolute atomic E-state index is 0.138. The van der Waals surface area contributed by atoms with Crippen molar-refractivity contribution in [3.63, 3.8) is 0 Å². The molecular formula is C17H28N2O2. The van der Waals surface area contributed by atoms with Crippen molar-refractivity contribution >= 4 is 0 Å². The second-order valence-corrected chi connectivity index (χ2v) is 5.97. The lowest BCUT2D eigenvalue weighted by atomic mass is 9.84. The fourth-order valence-corrected chi connectivity index (χ4v) is 3.27. The minimum Gasteiger partial charge on any atom is -0.396 e. The first-order valence-corrected chi connectivity index (χ1v) is 7.93. The lowest BCUT2D eigenvalue weighted by molar-refractivity contribution is 0.146. The Labute approximate surface area is 127 Å². The van der Waals surface area contributed by atoms with Crippen LogP contribution in [-0.4, -0.2) is 31.4 Å². The summed E-state index contributed by atoms with van der Waals surface area (Å²) in [6.45, 7) is 1.44.